The van der Waals surface area contributed by atoms with Gasteiger partial charge in [-0.1, -0.05) is 43.5 Å². The van der Waals surface area contributed by atoms with E-state index in [0.29, 0.717) is 50.8 Å². The number of rotatable bonds is 9. The molecular weight excluding hydrogens is 496 g/mol. The van der Waals surface area contributed by atoms with Crippen LogP contribution in [0.4, 0.5) is 0 Å². The first-order valence-electron chi connectivity index (χ1n) is 12.1. The largest absolute Gasteiger partial charge is 0.496 e. The maximum absolute atomic E-state index is 12.7. The predicted molar refractivity (Wildman–Crippen MR) is 150 cm³/mol. The number of hydrogen-bond donors (Lipinski definition) is 0. The van der Waals surface area contributed by atoms with Crippen molar-refractivity contribution in [3.63, 3.8) is 0 Å². The Labute approximate surface area is 228 Å². The molecule has 0 aliphatic carbocycles. The molecule has 0 atom stereocenters. The molecule has 0 aliphatic rings. The highest BCUT2D eigenvalue weighted by atomic mass is 16.5. The van der Waals surface area contributed by atoms with Crippen LogP contribution in [-0.2, 0) is 14.4 Å². The van der Waals surface area contributed by atoms with Crippen molar-refractivity contribution in [1.82, 2.24) is 0 Å². The van der Waals surface area contributed by atoms with Gasteiger partial charge in [0, 0.05) is 27.8 Å². The Morgan fingerprint density at radius 3 is 1.44 bits per heavy atom. The molecule has 3 rings (SSSR count). The molecule has 0 heterocycles. The van der Waals surface area contributed by atoms with Crippen LogP contribution in [0, 0.1) is 0 Å². The highest BCUT2D eigenvalue weighted by molar-refractivity contribution is 5.92. The minimum absolute atomic E-state index is 0.287. The monoisotopic (exact) mass is 526 g/mol. The second-order valence-electron chi connectivity index (χ2n) is 8.80. The van der Waals surface area contributed by atoms with Crippen LogP contribution in [0.15, 0.2) is 96.6 Å². The maximum Gasteiger partial charge on any atom is 0.338 e. The van der Waals surface area contributed by atoms with Gasteiger partial charge in [0.15, 0.2) is 0 Å². The summed E-state index contributed by atoms with van der Waals surface area (Å²) in [7, 11) is 1.54. The molecule has 3 aromatic rings. The summed E-state index contributed by atoms with van der Waals surface area (Å²) in [6, 6.07) is 17.1. The molecule has 39 heavy (non-hydrogen) atoms. The van der Waals surface area contributed by atoms with Gasteiger partial charge < -0.3 is 18.9 Å². The van der Waals surface area contributed by atoms with Gasteiger partial charge >= 0.3 is 17.9 Å². The van der Waals surface area contributed by atoms with E-state index in [-0.39, 0.29) is 5.57 Å². The van der Waals surface area contributed by atoms with E-state index in [1.165, 1.54) is 0 Å². The molecule has 3 aromatic carbocycles. The Bertz CT molecular complexity index is 1460. The Balaban J connectivity index is 2.07. The second-order valence-corrected chi connectivity index (χ2v) is 8.80. The molecule has 0 radical (unpaired) electrons. The topological polar surface area (TPSA) is 88.1 Å². The van der Waals surface area contributed by atoms with Crippen LogP contribution in [0.3, 0.4) is 0 Å². The molecule has 7 nitrogen and oxygen atoms in total. The van der Waals surface area contributed by atoms with Crippen molar-refractivity contribution in [2.75, 3.05) is 7.11 Å². The van der Waals surface area contributed by atoms with Crippen LogP contribution < -0.4 is 18.9 Å². The van der Waals surface area contributed by atoms with Crippen molar-refractivity contribution in [1.29, 1.82) is 0 Å². The molecule has 0 bridgehead atoms. The molecule has 0 amide bonds. The van der Waals surface area contributed by atoms with Crippen molar-refractivity contribution in [3.8, 4) is 45.3 Å². The van der Waals surface area contributed by atoms with E-state index in [1.807, 2.05) is 0 Å². The minimum atomic E-state index is -0.523. The maximum atomic E-state index is 12.7. The predicted octanol–water partition coefficient (Wildman–Crippen LogP) is 6.86. The van der Waals surface area contributed by atoms with Crippen LogP contribution in [0.2, 0.25) is 0 Å². The van der Waals surface area contributed by atoms with Crippen molar-refractivity contribution < 1.29 is 33.3 Å². The number of methoxy groups -OCH3 is 1. The van der Waals surface area contributed by atoms with Crippen LogP contribution in [-0.4, -0.2) is 25.0 Å². The normalized spacial score (nSPS) is 10.8. The highest BCUT2D eigenvalue weighted by Gasteiger charge is 2.19. The molecule has 0 fully saturated rings. The molecule has 0 saturated heterocycles. The van der Waals surface area contributed by atoms with Crippen molar-refractivity contribution in [3.05, 3.63) is 96.6 Å². The zero-order valence-electron chi connectivity index (χ0n) is 22.6. The fourth-order valence-electron chi connectivity index (χ4n) is 3.36. The SMILES string of the molecule is C=C(C)C(=O)Oc1ccc(-c2cc(OC(=O)/C(C)=C/C)c(-c3ccc(OC(=O)C(=C)C)cc3)cc2OC)cc1. The number of ether oxygens (including phenoxy) is 4. The summed E-state index contributed by atoms with van der Waals surface area (Å²) in [4.78, 5) is 36.4. The molecule has 0 unspecified atom stereocenters. The third kappa shape index (κ3) is 7.11. The first-order chi connectivity index (χ1) is 18.5. The van der Waals surface area contributed by atoms with E-state index >= 15 is 0 Å². The second kappa shape index (κ2) is 12.6. The van der Waals surface area contributed by atoms with Crippen LogP contribution in [0.5, 0.6) is 23.0 Å². The standard InChI is InChI=1S/C32H30O7/c1-8-21(6)32(35)39-29-18-26(22-9-13-24(14-10-22)37-30(33)19(2)3)28(36-7)17-27(29)23-11-15-25(16-12-23)38-31(34)20(4)5/h8-18H,2,4H2,1,3,5-7H3/b21-8+. The summed E-state index contributed by atoms with van der Waals surface area (Å²) in [6.45, 7) is 13.7. The number of hydrogen-bond acceptors (Lipinski definition) is 7. The summed E-state index contributed by atoms with van der Waals surface area (Å²) in [5.74, 6) is 0.0166. The number of carbonyl (C=O) groups is 3. The fraction of sp³-hybridized carbons (Fsp3) is 0.156. The number of carbonyl (C=O) groups excluding carboxylic acids is 3. The summed E-state index contributed by atoms with van der Waals surface area (Å²) in [5, 5.41) is 0. The smallest absolute Gasteiger partial charge is 0.338 e. The molecule has 0 saturated carbocycles. The lowest BCUT2D eigenvalue weighted by molar-refractivity contribution is -0.131. The molecule has 0 aliphatic heterocycles. The average molecular weight is 527 g/mol. The average Bonchev–Trinajstić information content (AvgIpc) is 2.93. The quantitative estimate of drug-likeness (QED) is 0.171. The lowest BCUT2D eigenvalue weighted by atomic mass is 9.97. The van der Waals surface area contributed by atoms with Gasteiger partial charge in [-0.05, 0) is 75.2 Å². The van der Waals surface area contributed by atoms with E-state index in [1.54, 1.807) is 102 Å². The van der Waals surface area contributed by atoms with Gasteiger partial charge in [-0.3, -0.25) is 0 Å². The van der Waals surface area contributed by atoms with E-state index in [2.05, 4.69) is 13.2 Å². The zero-order chi connectivity index (χ0) is 28.7. The van der Waals surface area contributed by atoms with Gasteiger partial charge in [0.25, 0.3) is 0 Å². The Morgan fingerprint density at radius 2 is 1.05 bits per heavy atom. The Hall–Kier alpha value is -4.91. The summed E-state index contributed by atoms with van der Waals surface area (Å²) in [6.07, 6.45) is 1.67. The minimum Gasteiger partial charge on any atom is -0.496 e. The van der Waals surface area contributed by atoms with Gasteiger partial charge in [0.05, 0.1) is 7.11 Å². The first kappa shape index (κ1) is 28.7. The molecular formula is C32H30O7. The van der Waals surface area contributed by atoms with E-state index in [9.17, 15) is 14.4 Å². The van der Waals surface area contributed by atoms with Crippen molar-refractivity contribution in [2.24, 2.45) is 0 Å². The fourth-order valence-corrected chi connectivity index (χ4v) is 3.36. The molecule has 0 aromatic heterocycles. The Morgan fingerprint density at radius 1 is 0.641 bits per heavy atom. The third-order valence-electron chi connectivity index (χ3n) is 5.71. The van der Waals surface area contributed by atoms with Crippen LogP contribution in [0.1, 0.15) is 27.7 Å². The Kier molecular flexibility index (Phi) is 9.23. The first-order valence-corrected chi connectivity index (χ1v) is 12.1. The van der Waals surface area contributed by atoms with Crippen LogP contribution in [0.25, 0.3) is 22.3 Å². The molecule has 200 valence electrons. The zero-order valence-corrected chi connectivity index (χ0v) is 22.6. The van der Waals surface area contributed by atoms with Gasteiger partial charge in [-0.15, -0.1) is 0 Å². The van der Waals surface area contributed by atoms with Crippen LogP contribution >= 0.6 is 0 Å². The van der Waals surface area contributed by atoms with E-state index < -0.39 is 17.9 Å². The van der Waals surface area contributed by atoms with Gasteiger partial charge in [-0.2, -0.15) is 0 Å². The van der Waals surface area contributed by atoms with Crippen molar-refractivity contribution >= 4 is 17.9 Å². The number of benzene rings is 3. The van der Waals surface area contributed by atoms with E-state index in [0.717, 1.165) is 5.56 Å². The van der Waals surface area contributed by atoms with Gasteiger partial charge in [0.2, 0.25) is 0 Å². The lowest BCUT2D eigenvalue weighted by Crippen LogP contribution is -2.10. The summed E-state index contributed by atoms with van der Waals surface area (Å²) in [5.41, 5.74) is 3.73. The highest BCUT2D eigenvalue weighted by Crippen LogP contribution is 2.42. The lowest BCUT2D eigenvalue weighted by Gasteiger charge is -2.17. The van der Waals surface area contributed by atoms with Crippen molar-refractivity contribution in [2.45, 2.75) is 27.7 Å². The molecule has 0 spiro atoms. The van der Waals surface area contributed by atoms with Gasteiger partial charge in [0.1, 0.15) is 23.0 Å². The molecule has 0 N–H and O–H groups in total. The summed E-state index contributed by atoms with van der Waals surface area (Å²) < 4.78 is 22.1. The third-order valence-corrected chi connectivity index (χ3v) is 5.71. The summed E-state index contributed by atoms with van der Waals surface area (Å²) >= 11 is 0. The van der Waals surface area contributed by atoms with Gasteiger partial charge in [-0.25, -0.2) is 14.4 Å². The number of esters is 3. The number of allylic oxidation sites excluding steroid dienone is 1. The van der Waals surface area contributed by atoms with E-state index in [4.69, 9.17) is 18.9 Å². The molecule has 7 heteroatoms.